The number of hydrogen-bond donors (Lipinski definition) is 0. The second-order valence-electron chi connectivity index (χ2n) is 5.08. The van der Waals surface area contributed by atoms with E-state index in [1.165, 1.54) is 4.31 Å². The first-order valence-corrected chi connectivity index (χ1v) is 8.83. The first kappa shape index (κ1) is 15.9. The Bertz CT molecular complexity index is 566. The average molecular weight is 311 g/mol. The SMILES string of the molecule is CCCCS(=O)(=O)N1CCN(C(=O)c2ccccn2)CC1. The highest BCUT2D eigenvalue weighted by atomic mass is 32.2. The van der Waals surface area contributed by atoms with Gasteiger partial charge in [-0.25, -0.2) is 8.42 Å². The van der Waals surface area contributed by atoms with Crippen molar-refractivity contribution in [2.45, 2.75) is 19.8 Å². The maximum absolute atomic E-state index is 12.2. The molecule has 1 aliphatic heterocycles. The lowest BCUT2D eigenvalue weighted by Crippen LogP contribution is -2.51. The predicted octanol–water partition coefficient (Wildman–Crippen LogP) is 0.969. The molecule has 1 amide bonds. The van der Waals surface area contributed by atoms with Gasteiger partial charge in [-0.15, -0.1) is 0 Å². The summed E-state index contributed by atoms with van der Waals surface area (Å²) < 4.78 is 25.7. The minimum atomic E-state index is -3.18. The average Bonchev–Trinajstić information content (AvgIpc) is 2.53. The zero-order chi connectivity index (χ0) is 15.3. The van der Waals surface area contributed by atoms with Crippen molar-refractivity contribution in [3.8, 4) is 0 Å². The van der Waals surface area contributed by atoms with E-state index in [9.17, 15) is 13.2 Å². The second-order valence-corrected chi connectivity index (χ2v) is 7.16. The fourth-order valence-electron chi connectivity index (χ4n) is 2.28. The van der Waals surface area contributed by atoms with Crippen LogP contribution in [0.15, 0.2) is 24.4 Å². The van der Waals surface area contributed by atoms with E-state index in [4.69, 9.17) is 0 Å². The summed E-state index contributed by atoms with van der Waals surface area (Å²) in [4.78, 5) is 17.9. The van der Waals surface area contributed by atoms with E-state index in [0.29, 0.717) is 38.3 Å². The number of pyridine rings is 1. The summed E-state index contributed by atoms with van der Waals surface area (Å²) in [5, 5.41) is 0. The highest BCUT2D eigenvalue weighted by Gasteiger charge is 2.28. The van der Waals surface area contributed by atoms with E-state index in [1.54, 1.807) is 29.3 Å². The summed E-state index contributed by atoms with van der Waals surface area (Å²) in [6, 6.07) is 5.20. The van der Waals surface area contributed by atoms with Crippen LogP contribution in [0.5, 0.6) is 0 Å². The molecule has 0 saturated carbocycles. The molecule has 2 rings (SSSR count). The molecule has 1 aromatic heterocycles. The third kappa shape index (κ3) is 4.01. The Balaban J connectivity index is 1.93. The number of unbranched alkanes of at least 4 members (excludes halogenated alkanes) is 1. The van der Waals surface area contributed by atoms with E-state index in [-0.39, 0.29) is 11.7 Å². The van der Waals surface area contributed by atoms with Crippen molar-refractivity contribution in [1.82, 2.24) is 14.2 Å². The molecule has 21 heavy (non-hydrogen) atoms. The van der Waals surface area contributed by atoms with Crippen LogP contribution < -0.4 is 0 Å². The smallest absolute Gasteiger partial charge is 0.272 e. The van der Waals surface area contributed by atoms with Gasteiger partial charge in [0.05, 0.1) is 5.75 Å². The number of carbonyl (C=O) groups excluding carboxylic acids is 1. The number of amides is 1. The quantitative estimate of drug-likeness (QED) is 0.812. The standard InChI is InChI=1S/C14H21N3O3S/c1-2-3-12-21(19,20)17-10-8-16(9-11-17)14(18)13-6-4-5-7-15-13/h4-7H,2-3,8-12H2,1H3. The highest BCUT2D eigenvalue weighted by Crippen LogP contribution is 2.12. The van der Waals surface area contributed by atoms with Gasteiger partial charge < -0.3 is 4.90 Å². The molecule has 0 aliphatic carbocycles. The van der Waals surface area contributed by atoms with Gasteiger partial charge in [0.25, 0.3) is 5.91 Å². The zero-order valence-electron chi connectivity index (χ0n) is 12.2. The van der Waals surface area contributed by atoms with Crippen LogP contribution in [0.2, 0.25) is 0 Å². The van der Waals surface area contributed by atoms with Gasteiger partial charge >= 0.3 is 0 Å². The van der Waals surface area contributed by atoms with E-state index in [0.717, 1.165) is 6.42 Å². The summed E-state index contributed by atoms with van der Waals surface area (Å²) in [5.74, 6) is 0.0544. The van der Waals surface area contributed by atoms with Crippen LogP contribution >= 0.6 is 0 Å². The number of piperazine rings is 1. The number of rotatable bonds is 5. The second kappa shape index (κ2) is 7.00. The van der Waals surface area contributed by atoms with Crippen LogP contribution in [0.25, 0.3) is 0 Å². The lowest BCUT2D eigenvalue weighted by Gasteiger charge is -2.33. The molecule has 0 aromatic carbocycles. The van der Waals surface area contributed by atoms with Crippen LogP contribution in [0.3, 0.4) is 0 Å². The summed E-state index contributed by atoms with van der Waals surface area (Å²) in [5.41, 5.74) is 0.403. The van der Waals surface area contributed by atoms with Crippen LogP contribution in [0, 0.1) is 0 Å². The third-order valence-corrected chi connectivity index (χ3v) is 5.52. The van der Waals surface area contributed by atoms with E-state index < -0.39 is 10.0 Å². The van der Waals surface area contributed by atoms with Gasteiger partial charge in [-0.1, -0.05) is 19.4 Å². The van der Waals surface area contributed by atoms with Crippen LogP contribution in [-0.2, 0) is 10.0 Å². The van der Waals surface area contributed by atoms with Crippen molar-refractivity contribution >= 4 is 15.9 Å². The molecule has 0 radical (unpaired) electrons. The number of sulfonamides is 1. The molecule has 0 N–H and O–H groups in total. The fraction of sp³-hybridized carbons (Fsp3) is 0.571. The lowest BCUT2D eigenvalue weighted by molar-refractivity contribution is 0.0692. The van der Waals surface area contributed by atoms with Gasteiger partial charge in [0.15, 0.2) is 0 Å². The molecule has 1 fully saturated rings. The summed E-state index contributed by atoms with van der Waals surface area (Å²) in [6.45, 7) is 3.54. The van der Waals surface area contributed by atoms with E-state index >= 15 is 0 Å². The molecule has 0 unspecified atom stereocenters. The molecular formula is C14H21N3O3S. The Labute approximate surface area is 125 Å². The topological polar surface area (TPSA) is 70.6 Å². The third-order valence-electron chi connectivity index (χ3n) is 3.56. The summed E-state index contributed by atoms with van der Waals surface area (Å²) in [6.07, 6.45) is 3.12. The molecule has 1 aromatic rings. The van der Waals surface area contributed by atoms with E-state index in [1.807, 2.05) is 6.92 Å². The van der Waals surface area contributed by atoms with Crippen molar-refractivity contribution in [2.24, 2.45) is 0 Å². The molecule has 2 heterocycles. The molecule has 0 spiro atoms. The molecule has 1 saturated heterocycles. The molecule has 1 aliphatic rings. The van der Waals surface area contributed by atoms with Crippen LogP contribution in [0.1, 0.15) is 30.3 Å². The Morgan fingerprint density at radius 1 is 1.24 bits per heavy atom. The lowest BCUT2D eigenvalue weighted by atomic mass is 10.3. The minimum Gasteiger partial charge on any atom is -0.335 e. The van der Waals surface area contributed by atoms with Crippen molar-refractivity contribution in [1.29, 1.82) is 0 Å². The Morgan fingerprint density at radius 3 is 2.52 bits per heavy atom. The maximum Gasteiger partial charge on any atom is 0.272 e. The molecule has 0 bridgehead atoms. The maximum atomic E-state index is 12.2. The number of hydrogen-bond acceptors (Lipinski definition) is 4. The number of carbonyl (C=O) groups is 1. The summed E-state index contributed by atoms with van der Waals surface area (Å²) >= 11 is 0. The Morgan fingerprint density at radius 2 is 1.95 bits per heavy atom. The van der Waals surface area contributed by atoms with Gasteiger partial charge in [0.2, 0.25) is 10.0 Å². The van der Waals surface area contributed by atoms with Crippen LogP contribution in [-0.4, -0.2) is 60.4 Å². The molecule has 7 heteroatoms. The van der Waals surface area contributed by atoms with E-state index in [2.05, 4.69) is 4.98 Å². The van der Waals surface area contributed by atoms with Crippen molar-refractivity contribution < 1.29 is 13.2 Å². The van der Waals surface area contributed by atoms with Crippen molar-refractivity contribution in [2.75, 3.05) is 31.9 Å². The van der Waals surface area contributed by atoms with Gasteiger partial charge in [0.1, 0.15) is 5.69 Å². The first-order chi connectivity index (χ1) is 10.0. The number of nitrogens with zero attached hydrogens (tertiary/aromatic N) is 3. The van der Waals surface area contributed by atoms with Gasteiger partial charge in [-0.05, 0) is 18.6 Å². The monoisotopic (exact) mass is 311 g/mol. The molecule has 116 valence electrons. The molecule has 6 nitrogen and oxygen atoms in total. The minimum absolute atomic E-state index is 0.138. The number of aromatic nitrogens is 1. The first-order valence-electron chi connectivity index (χ1n) is 7.22. The molecular weight excluding hydrogens is 290 g/mol. The Kier molecular flexibility index (Phi) is 5.30. The normalized spacial score (nSPS) is 16.9. The highest BCUT2D eigenvalue weighted by molar-refractivity contribution is 7.89. The zero-order valence-corrected chi connectivity index (χ0v) is 13.1. The molecule has 0 atom stereocenters. The fourth-order valence-corrected chi connectivity index (χ4v) is 3.91. The largest absolute Gasteiger partial charge is 0.335 e. The predicted molar refractivity (Wildman–Crippen MR) is 80.4 cm³/mol. The summed E-state index contributed by atoms with van der Waals surface area (Å²) in [7, 11) is -3.18. The van der Waals surface area contributed by atoms with Crippen LogP contribution in [0.4, 0.5) is 0 Å². The van der Waals surface area contributed by atoms with Crippen molar-refractivity contribution in [3.05, 3.63) is 30.1 Å². The van der Waals surface area contributed by atoms with Gasteiger partial charge in [-0.2, -0.15) is 4.31 Å². The van der Waals surface area contributed by atoms with Gasteiger partial charge in [-0.3, -0.25) is 9.78 Å². The van der Waals surface area contributed by atoms with Crippen molar-refractivity contribution in [3.63, 3.8) is 0 Å². The Hall–Kier alpha value is -1.47. The van der Waals surface area contributed by atoms with Gasteiger partial charge in [0, 0.05) is 32.4 Å².